The lowest BCUT2D eigenvalue weighted by Gasteiger charge is -2.12. The first-order valence-electron chi connectivity index (χ1n) is 5.62. The molecule has 0 N–H and O–H groups in total. The van der Waals surface area contributed by atoms with Gasteiger partial charge in [-0.25, -0.2) is 12.8 Å². The quantitative estimate of drug-likeness (QED) is 0.809. The number of hydrogen-bond donors (Lipinski definition) is 0. The Labute approximate surface area is 109 Å². The molecule has 2 heterocycles. The van der Waals surface area contributed by atoms with Crippen molar-refractivity contribution in [2.24, 2.45) is 0 Å². The molecule has 3 nitrogen and oxygen atoms in total. The molecular weight excluding hydrogens is 277 g/mol. The number of nitrogens with zero attached hydrogens (tertiary/aromatic N) is 1. The second kappa shape index (κ2) is 3.96. The van der Waals surface area contributed by atoms with Crippen molar-refractivity contribution in [1.29, 1.82) is 0 Å². The third-order valence-corrected chi connectivity index (χ3v) is 5.30. The van der Waals surface area contributed by atoms with Crippen molar-refractivity contribution in [3.63, 3.8) is 0 Å². The summed E-state index contributed by atoms with van der Waals surface area (Å²) in [7, 11) is -2.98. The Balaban J connectivity index is 2.14. The van der Waals surface area contributed by atoms with E-state index in [9.17, 15) is 12.8 Å². The highest BCUT2D eigenvalue weighted by Crippen LogP contribution is 2.31. The second-order valence-electron chi connectivity index (χ2n) is 4.61. The van der Waals surface area contributed by atoms with E-state index in [1.165, 1.54) is 6.07 Å². The summed E-state index contributed by atoms with van der Waals surface area (Å²) in [6, 6.07) is 4.52. The molecule has 1 aliphatic rings. The molecule has 1 atom stereocenters. The van der Waals surface area contributed by atoms with Crippen molar-refractivity contribution >= 4 is 32.3 Å². The van der Waals surface area contributed by atoms with Crippen LogP contribution >= 0.6 is 11.6 Å². The Morgan fingerprint density at radius 3 is 2.83 bits per heavy atom. The van der Waals surface area contributed by atoms with Gasteiger partial charge in [0.2, 0.25) is 0 Å². The molecule has 0 saturated carbocycles. The van der Waals surface area contributed by atoms with Gasteiger partial charge in [-0.2, -0.15) is 0 Å². The molecule has 0 bridgehead atoms. The van der Waals surface area contributed by atoms with E-state index in [-0.39, 0.29) is 17.5 Å². The fraction of sp³-hybridized carbons (Fsp3) is 0.333. The maximum atomic E-state index is 13.9. The van der Waals surface area contributed by atoms with Crippen LogP contribution in [-0.4, -0.2) is 24.5 Å². The molecule has 1 unspecified atom stereocenters. The molecule has 1 aliphatic heterocycles. The number of benzene rings is 1. The van der Waals surface area contributed by atoms with Crippen molar-refractivity contribution in [1.82, 2.24) is 4.57 Å². The second-order valence-corrected chi connectivity index (χ2v) is 7.27. The van der Waals surface area contributed by atoms with Crippen molar-refractivity contribution in [2.75, 3.05) is 11.5 Å². The highest BCUT2D eigenvalue weighted by Gasteiger charge is 2.30. The summed E-state index contributed by atoms with van der Waals surface area (Å²) in [6.45, 7) is 0. The largest absolute Gasteiger partial charge is 0.341 e. The molecule has 0 amide bonds. The lowest BCUT2D eigenvalue weighted by molar-refractivity contribution is 0.556. The van der Waals surface area contributed by atoms with Crippen LogP contribution in [-0.2, 0) is 9.84 Å². The molecule has 6 heteroatoms. The van der Waals surface area contributed by atoms with Gasteiger partial charge in [0.15, 0.2) is 9.84 Å². The van der Waals surface area contributed by atoms with Crippen LogP contribution in [0, 0.1) is 5.82 Å². The molecule has 0 spiro atoms. The van der Waals surface area contributed by atoms with Crippen LogP contribution in [0.4, 0.5) is 4.39 Å². The number of sulfone groups is 1. The standard InChI is InChI=1S/C12H11ClFNO2S/c13-9-5-8-1-3-15(12(8)11(14)6-9)10-2-4-18(16,17)7-10/h1,3,5-6,10H,2,4,7H2. The van der Waals surface area contributed by atoms with E-state index in [4.69, 9.17) is 11.6 Å². The average molecular weight is 288 g/mol. The Kier molecular flexibility index (Phi) is 2.64. The maximum absolute atomic E-state index is 13.9. The fourth-order valence-electron chi connectivity index (χ4n) is 2.52. The zero-order chi connectivity index (χ0) is 12.9. The molecule has 0 radical (unpaired) electrons. The van der Waals surface area contributed by atoms with Crippen LogP contribution in [0.15, 0.2) is 24.4 Å². The van der Waals surface area contributed by atoms with Gasteiger partial charge >= 0.3 is 0 Å². The van der Waals surface area contributed by atoms with E-state index in [1.807, 2.05) is 0 Å². The van der Waals surface area contributed by atoms with Gasteiger partial charge in [-0.1, -0.05) is 11.6 Å². The van der Waals surface area contributed by atoms with Crippen LogP contribution in [0.1, 0.15) is 12.5 Å². The van der Waals surface area contributed by atoms with Gasteiger partial charge < -0.3 is 4.57 Å². The van der Waals surface area contributed by atoms with Crippen molar-refractivity contribution in [3.05, 3.63) is 35.2 Å². The van der Waals surface area contributed by atoms with E-state index >= 15 is 0 Å². The first-order chi connectivity index (χ1) is 8.46. The first kappa shape index (κ1) is 12.0. The van der Waals surface area contributed by atoms with Crippen LogP contribution in [0.2, 0.25) is 5.02 Å². The molecule has 1 aromatic carbocycles. The maximum Gasteiger partial charge on any atom is 0.152 e. The molecule has 1 saturated heterocycles. The van der Waals surface area contributed by atoms with Gasteiger partial charge in [0.05, 0.1) is 17.0 Å². The van der Waals surface area contributed by atoms with E-state index < -0.39 is 15.7 Å². The summed E-state index contributed by atoms with van der Waals surface area (Å²) < 4.78 is 38.6. The zero-order valence-corrected chi connectivity index (χ0v) is 11.0. The summed E-state index contributed by atoms with van der Waals surface area (Å²) in [5, 5.41) is 1.04. The van der Waals surface area contributed by atoms with Crippen molar-refractivity contribution < 1.29 is 12.8 Å². The zero-order valence-electron chi connectivity index (χ0n) is 9.44. The van der Waals surface area contributed by atoms with E-state index in [1.54, 1.807) is 22.9 Å². The molecule has 2 aromatic rings. The SMILES string of the molecule is O=S1(=O)CCC(n2ccc3cc(Cl)cc(F)c32)C1. The Morgan fingerprint density at radius 1 is 1.39 bits per heavy atom. The van der Waals surface area contributed by atoms with Gasteiger partial charge in [-0.05, 0) is 24.6 Å². The highest BCUT2D eigenvalue weighted by molar-refractivity contribution is 7.91. The topological polar surface area (TPSA) is 39.1 Å². The van der Waals surface area contributed by atoms with E-state index in [0.29, 0.717) is 22.3 Å². The first-order valence-corrected chi connectivity index (χ1v) is 7.82. The van der Waals surface area contributed by atoms with Gasteiger partial charge in [-0.15, -0.1) is 0 Å². The molecule has 1 fully saturated rings. The predicted octanol–water partition coefficient (Wildman–Crippen LogP) is 2.79. The Bertz CT molecular complexity index is 723. The minimum absolute atomic E-state index is 0.0822. The van der Waals surface area contributed by atoms with Crippen LogP contribution in [0.5, 0.6) is 0 Å². The molecular formula is C12H11ClFNO2S. The van der Waals surface area contributed by atoms with Crippen LogP contribution in [0.3, 0.4) is 0 Å². The third-order valence-electron chi connectivity index (χ3n) is 3.33. The minimum Gasteiger partial charge on any atom is -0.341 e. The predicted molar refractivity (Wildman–Crippen MR) is 69.2 cm³/mol. The fourth-order valence-corrected chi connectivity index (χ4v) is 4.44. The number of halogens is 2. The number of aromatic nitrogens is 1. The summed E-state index contributed by atoms with van der Waals surface area (Å²) in [4.78, 5) is 0. The Morgan fingerprint density at radius 2 is 2.17 bits per heavy atom. The van der Waals surface area contributed by atoms with Crippen molar-refractivity contribution in [3.8, 4) is 0 Å². The average Bonchev–Trinajstić information content (AvgIpc) is 2.81. The summed E-state index contributed by atoms with van der Waals surface area (Å²) in [5.74, 6) is -0.155. The van der Waals surface area contributed by atoms with Gasteiger partial charge in [0, 0.05) is 22.6 Å². The monoisotopic (exact) mass is 287 g/mol. The van der Waals surface area contributed by atoms with Gasteiger partial charge in [0.25, 0.3) is 0 Å². The third kappa shape index (κ3) is 1.91. The lowest BCUT2D eigenvalue weighted by Crippen LogP contribution is -2.10. The summed E-state index contributed by atoms with van der Waals surface area (Å²) >= 11 is 5.79. The molecule has 3 rings (SSSR count). The lowest BCUT2D eigenvalue weighted by atomic mass is 10.2. The van der Waals surface area contributed by atoms with E-state index in [0.717, 1.165) is 0 Å². The number of fused-ring (bicyclic) bond motifs is 1. The molecule has 96 valence electrons. The van der Waals surface area contributed by atoms with Gasteiger partial charge in [-0.3, -0.25) is 0 Å². The number of hydrogen-bond acceptors (Lipinski definition) is 2. The molecule has 0 aliphatic carbocycles. The van der Waals surface area contributed by atoms with Crippen molar-refractivity contribution in [2.45, 2.75) is 12.5 Å². The number of rotatable bonds is 1. The highest BCUT2D eigenvalue weighted by atomic mass is 35.5. The normalized spacial score (nSPS) is 22.7. The smallest absolute Gasteiger partial charge is 0.152 e. The Hall–Kier alpha value is -1.07. The summed E-state index contributed by atoms with van der Waals surface area (Å²) in [6.07, 6.45) is 2.27. The van der Waals surface area contributed by atoms with Crippen LogP contribution < -0.4 is 0 Å². The van der Waals surface area contributed by atoms with E-state index in [2.05, 4.69) is 0 Å². The summed E-state index contributed by atoms with van der Waals surface area (Å²) in [5.41, 5.74) is 0.432. The van der Waals surface area contributed by atoms with Crippen LogP contribution in [0.25, 0.3) is 10.9 Å². The van der Waals surface area contributed by atoms with Gasteiger partial charge in [0.1, 0.15) is 5.82 Å². The molecule has 18 heavy (non-hydrogen) atoms. The molecule has 1 aromatic heterocycles. The minimum atomic E-state index is -2.98.